The number of aromatic nitrogens is 1. The molecular formula is C13H21BrN2O. The molecule has 0 aromatic carbocycles. The van der Waals surface area contributed by atoms with Crippen molar-refractivity contribution in [3.8, 4) is 0 Å². The Hall–Kier alpha value is -0.450. The van der Waals surface area contributed by atoms with Gasteiger partial charge in [0.05, 0.1) is 5.60 Å². The molecule has 1 rings (SSSR count). The van der Waals surface area contributed by atoms with Gasteiger partial charge in [-0.2, -0.15) is 0 Å². The van der Waals surface area contributed by atoms with Crippen molar-refractivity contribution in [1.82, 2.24) is 10.3 Å². The largest absolute Gasteiger partial charge is 0.390 e. The molecule has 0 amide bonds. The lowest BCUT2D eigenvalue weighted by Crippen LogP contribution is -2.32. The van der Waals surface area contributed by atoms with Crippen molar-refractivity contribution in [2.45, 2.75) is 38.7 Å². The maximum Gasteiger partial charge on any atom is 0.0687 e. The minimum atomic E-state index is -0.693. The zero-order chi connectivity index (χ0) is 12.7. The van der Waals surface area contributed by atoms with E-state index in [9.17, 15) is 5.11 Å². The number of hydrogen-bond donors (Lipinski definition) is 2. The summed E-state index contributed by atoms with van der Waals surface area (Å²) in [4.78, 5) is 4.28. The Kier molecular flexibility index (Phi) is 6.09. The molecule has 0 aliphatic carbocycles. The first-order chi connectivity index (χ1) is 8.03. The average Bonchev–Trinajstić information content (AvgIpc) is 2.27. The van der Waals surface area contributed by atoms with Gasteiger partial charge in [0.15, 0.2) is 0 Å². The summed E-state index contributed by atoms with van der Waals surface area (Å²) in [7, 11) is 0. The van der Waals surface area contributed by atoms with Gasteiger partial charge >= 0.3 is 0 Å². The first kappa shape index (κ1) is 14.6. The lowest BCUT2D eigenvalue weighted by atomic mass is 9.96. The van der Waals surface area contributed by atoms with Gasteiger partial charge in [-0.05, 0) is 60.9 Å². The van der Waals surface area contributed by atoms with Crippen LogP contribution in [-0.4, -0.2) is 28.8 Å². The van der Waals surface area contributed by atoms with Crippen LogP contribution >= 0.6 is 15.9 Å². The van der Waals surface area contributed by atoms with Crippen LogP contribution in [0.25, 0.3) is 0 Å². The second kappa shape index (κ2) is 7.09. The molecule has 1 aromatic heterocycles. The summed E-state index contributed by atoms with van der Waals surface area (Å²) in [5.41, 5.74) is 0.232. The number of hydrogen-bond acceptors (Lipinski definition) is 3. The summed E-state index contributed by atoms with van der Waals surface area (Å²) in [5.74, 6) is 0. The van der Waals surface area contributed by atoms with E-state index in [1.165, 1.54) is 0 Å². The smallest absolute Gasteiger partial charge is 0.0687 e. The zero-order valence-electron chi connectivity index (χ0n) is 10.5. The summed E-state index contributed by atoms with van der Waals surface area (Å²) < 4.78 is 0.963. The molecule has 1 atom stereocenters. The minimum absolute atomic E-state index is 0.591. The standard InChI is InChI=1S/C13H21BrN2O/c1-3-7-15-8-6-13(2,17)9-12-5-4-11(14)10-16-12/h4-5,10,15,17H,3,6-9H2,1-2H3. The molecule has 1 aromatic rings. The fourth-order valence-electron chi connectivity index (χ4n) is 1.65. The second-order valence-corrected chi connectivity index (χ2v) is 5.56. The molecule has 0 saturated carbocycles. The van der Waals surface area contributed by atoms with Crippen molar-refractivity contribution in [1.29, 1.82) is 0 Å². The molecule has 1 heterocycles. The Labute approximate surface area is 112 Å². The van der Waals surface area contributed by atoms with Crippen LogP contribution in [0, 0.1) is 0 Å². The Morgan fingerprint density at radius 2 is 2.18 bits per heavy atom. The van der Waals surface area contributed by atoms with Crippen LogP contribution in [0.3, 0.4) is 0 Å². The quantitative estimate of drug-likeness (QED) is 0.761. The summed E-state index contributed by atoms with van der Waals surface area (Å²) in [6, 6.07) is 3.89. The number of halogens is 1. The van der Waals surface area contributed by atoms with E-state index in [0.29, 0.717) is 6.42 Å². The van der Waals surface area contributed by atoms with E-state index in [2.05, 4.69) is 33.2 Å². The first-order valence-electron chi connectivity index (χ1n) is 6.07. The van der Waals surface area contributed by atoms with E-state index in [0.717, 1.165) is 36.1 Å². The third kappa shape index (κ3) is 6.15. The predicted octanol–water partition coefficient (Wildman–Crippen LogP) is 2.53. The molecule has 3 nitrogen and oxygen atoms in total. The van der Waals surface area contributed by atoms with Crippen molar-refractivity contribution in [3.63, 3.8) is 0 Å². The molecule has 0 saturated heterocycles. The van der Waals surface area contributed by atoms with E-state index < -0.39 is 5.60 Å². The molecule has 0 aliphatic rings. The monoisotopic (exact) mass is 300 g/mol. The third-order valence-electron chi connectivity index (χ3n) is 2.62. The average molecular weight is 301 g/mol. The molecule has 0 bridgehead atoms. The van der Waals surface area contributed by atoms with Crippen molar-refractivity contribution >= 4 is 15.9 Å². The second-order valence-electron chi connectivity index (χ2n) is 4.64. The maximum absolute atomic E-state index is 10.2. The fraction of sp³-hybridized carbons (Fsp3) is 0.615. The van der Waals surface area contributed by atoms with Gasteiger partial charge in [-0.1, -0.05) is 6.92 Å². The van der Waals surface area contributed by atoms with Crippen molar-refractivity contribution < 1.29 is 5.11 Å². The summed E-state index contributed by atoms with van der Waals surface area (Å²) >= 11 is 3.35. The van der Waals surface area contributed by atoms with Crippen molar-refractivity contribution in [2.75, 3.05) is 13.1 Å². The Morgan fingerprint density at radius 1 is 1.41 bits per heavy atom. The lowest BCUT2D eigenvalue weighted by Gasteiger charge is -2.23. The van der Waals surface area contributed by atoms with Gasteiger partial charge in [0.25, 0.3) is 0 Å². The van der Waals surface area contributed by atoms with E-state index in [-0.39, 0.29) is 0 Å². The minimum Gasteiger partial charge on any atom is -0.390 e. The molecular weight excluding hydrogens is 280 g/mol. The number of rotatable bonds is 7. The van der Waals surface area contributed by atoms with Gasteiger partial charge in [-0.15, -0.1) is 0 Å². The molecule has 4 heteroatoms. The highest BCUT2D eigenvalue weighted by Gasteiger charge is 2.20. The molecule has 2 N–H and O–H groups in total. The van der Waals surface area contributed by atoms with Gasteiger partial charge in [-0.25, -0.2) is 0 Å². The highest BCUT2D eigenvalue weighted by molar-refractivity contribution is 9.10. The highest BCUT2D eigenvalue weighted by atomic mass is 79.9. The highest BCUT2D eigenvalue weighted by Crippen LogP contribution is 2.16. The van der Waals surface area contributed by atoms with Crippen LogP contribution in [0.4, 0.5) is 0 Å². The van der Waals surface area contributed by atoms with Gasteiger partial charge in [0.1, 0.15) is 0 Å². The molecule has 96 valence electrons. The van der Waals surface area contributed by atoms with Crippen molar-refractivity contribution in [3.05, 3.63) is 28.5 Å². The number of aliphatic hydroxyl groups is 1. The normalized spacial score (nSPS) is 14.6. The van der Waals surface area contributed by atoms with Crippen LogP contribution in [0.15, 0.2) is 22.8 Å². The Balaban J connectivity index is 2.40. The number of pyridine rings is 1. The van der Waals surface area contributed by atoms with Crippen LogP contribution in [0.5, 0.6) is 0 Å². The van der Waals surface area contributed by atoms with Gasteiger partial charge in [0, 0.05) is 22.8 Å². The Bertz CT molecular complexity index is 325. The molecule has 0 radical (unpaired) electrons. The van der Waals surface area contributed by atoms with E-state index in [4.69, 9.17) is 0 Å². The number of nitrogens with one attached hydrogen (secondary N) is 1. The molecule has 0 aliphatic heterocycles. The topological polar surface area (TPSA) is 45.1 Å². The Morgan fingerprint density at radius 3 is 2.76 bits per heavy atom. The van der Waals surface area contributed by atoms with Crippen LogP contribution in [-0.2, 0) is 6.42 Å². The van der Waals surface area contributed by atoms with Crippen LogP contribution in [0.1, 0.15) is 32.4 Å². The lowest BCUT2D eigenvalue weighted by molar-refractivity contribution is 0.0506. The maximum atomic E-state index is 10.2. The summed E-state index contributed by atoms with van der Waals surface area (Å²) in [6.07, 6.45) is 4.22. The predicted molar refractivity (Wildman–Crippen MR) is 74.0 cm³/mol. The van der Waals surface area contributed by atoms with Gasteiger partial charge in [-0.3, -0.25) is 4.98 Å². The molecule has 0 fully saturated rings. The SMILES string of the molecule is CCCNCCC(C)(O)Cc1ccc(Br)cn1. The van der Waals surface area contributed by atoms with E-state index in [1.54, 1.807) is 6.20 Å². The first-order valence-corrected chi connectivity index (χ1v) is 6.86. The number of nitrogens with zero attached hydrogens (tertiary/aromatic N) is 1. The van der Waals surface area contributed by atoms with Crippen LogP contribution < -0.4 is 5.32 Å². The van der Waals surface area contributed by atoms with E-state index in [1.807, 2.05) is 19.1 Å². The summed E-state index contributed by atoms with van der Waals surface area (Å²) in [6.45, 7) is 5.85. The zero-order valence-corrected chi connectivity index (χ0v) is 12.1. The van der Waals surface area contributed by atoms with E-state index >= 15 is 0 Å². The van der Waals surface area contributed by atoms with Gasteiger partial charge in [0.2, 0.25) is 0 Å². The summed E-state index contributed by atoms with van der Waals surface area (Å²) in [5, 5.41) is 13.5. The van der Waals surface area contributed by atoms with Crippen molar-refractivity contribution in [2.24, 2.45) is 0 Å². The van der Waals surface area contributed by atoms with Gasteiger partial charge < -0.3 is 10.4 Å². The fourth-order valence-corrected chi connectivity index (χ4v) is 1.88. The molecule has 0 spiro atoms. The molecule has 1 unspecified atom stereocenters. The van der Waals surface area contributed by atoms with Crippen LogP contribution in [0.2, 0.25) is 0 Å². The third-order valence-corrected chi connectivity index (χ3v) is 3.09. The molecule has 17 heavy (non-hydrogen) atoms.